The summed E-state index contributed by atoms with van der Waals surface area (Å²) in [6, 6.07) is 9.81. The van der Waals surface area contributed by atoms with Gasteiger partial charge >= 0.3 is 12.2 Å². The van der Waals surface area contributed by atoms with Gasteiger partial charge in [0.15, 0.2) is 0 Å². The maximum Gasteiger partial charge on any atom is 0.416 e. The lowest BCUT2D eigenvalue weighted by Crippen LogP contribution is -2.69. The van der Waals surface area contributed by atoms with Crippen molar-refractivity contribution in [1.29, 1.82) is 0 Å². The third-order valence-electron chi connectivity index (χ3n) is 6.29. The molecule has 3 N–H and O–H groups in total. The number of alkyl halides is 3. The first kappa shape index (κ1) is 27.5. The molecule has 3 rings (SSSR count). The third kappa shape index (κ3) is 5.65. The van der Waals surface area contributed by atoms with E-state index in [-0.39, 0.29) is 26.2 Å². The van der Waals surface area contributed by atoms with Crippen molar-refractivity contribution in [3.63, 3.8) is 0 Å². The van der Waals surface area contributed by atoms with Gasteiger partial charge in [-0.25, -0.2) is 13.2 Å². The maximum atomic E-state index is 13.5. The van der Waals surface area contributed by atoms with Gasteiger partial charge in [-0.1, -0.05) is 38.1 Å². The molecule has 2 aromatic rings. The van der Waals surface area contributed by atoms with Crippen molar-refractivity contribution in [3.05, 3.63) is 65.2 Å². The molecule has 1 saturated heterocycles. The van der Waals surface area contributed by atoms with Crippen LogP contribution in [0.1, 0.15) is 43.4 Å². The van der Waals surface area contributed by atoms with E-state index in [0.29, 0.717) is 18.1 Å². The molecule has 0 radical (unpaired) electrons. The highest BCUT2D eigenvalue weighted by Crippen LogP contribution is 2.33. The van der Waals surface area contributed by atoms with Gasteiger partial charge < -0.3 is 16.0 Å². The molecule has 0 aliphatic carbocycles. The molecule has 196 valence electrons. The molecule has 1 heterocycles. The summed E-state index contributed by atoms with van der Waals surface area (Å²) in [7, 11) is -4.40. The summed E-state index contributed by atoms with van der Waals surface area (Å²) in [5.74, 6) is -0.338. The van der Waals surface area contributed by atoms with E-state index in [0.717, 1.165) is 32.5 Å². The van der Waals surface area contributed by atoms with Crippen LogP contribution in [0.3, 0.4) is 0 Å². The van der Waals surface area contributed by atoms with Gasteiger partial charge in [-0.15, -0.1) is 0 Å². The van der Waals surface area contributed by atoms with Crippen LogP contribution in [0.25, 0.3) is 0 Å². The fraction of sp³-hybridized carbons (Fsp3) is 0.417. The van der Waals surface area contributed by atoms with E-state index in [9.17, 15) is 31.2 Å². The number of amides is 3. The van der Waals surface area contributed by atoms with Crippen LogP contribution < -0.4 is 11.1 Å². The van der Waals surface area contributed by atoms with Crippen molar-refractivity contribution in [2.75, 3.05) is 19.6 Å². The molecule has 3 amide bonds. The second-order valence-electron chi connectivity index (χ2n) is 9.21. The average molecular weight is 527 g/mol. The van der Waals surface area contributed by atoms with Crippen LogP contribution in [0.4, 0.5) is 18.0 Å². The van der Waals surface area contributed by atoms with Gasteiger partial charge in [0.1, 0.15) is 5.54 Å². The van der Waals surface area contributed by atoms with E-state index in [1.165, 1.54) is 6.92 Å². The van der Waals surface area contributed by atoms with Crippen LogP contribution in [0, 0.1) is 0 Å². The number of hydrogen-bond acceptors (Lipinski definition) is 4. The molecular weight excluding hydrogens is 497 g/mol. The number of nitrogens with zero attached hydrogens (tertiary/aromatic N) is 2. The van der Waals surface area contributed by atoms with Crippen LogP contribution >= 0.6 is 0 Å². The van der Waals surface area contributed by atoms with Crippen molar-refractivity contribution < 1.29 is 31.2 Å². The number of halogens is 3. The van der Waals surface area contributed by atoms with Crippen LogP contribution in [0.15, 0.2) is 53.4 Å². The number of hydrogen-bond donors (Lipinski definition) is 2. The summed E-state index contributed by atoms with van der Waals surface area (Å²) < 4.78 is 66.6. The highest BCUT2D eigenvalue weighted by molar-refractivity contribution is 7.89. The Bertz CT molecular complexity index is 1220. The molecule has 1 atom stereocenters. The van der Waals surface area contributed by atoms with Crippen LogP contribution in [-0.2, 0) is 27.5 Å². The fourth-order valence-corrected chi connectivity index (χ4v) is 5.81. The predicted octanol–water partition coefficient (Wildman–Crippen LogP) is 3.29. The molecule has 0 saturated carbocycles. The average Bonchev–Trinajstić information content (AvgIpc) is 2.82. The molecule has 1 aliphatic heterocycles. The molecule has 0 bridgehead atoms. The topological polar surface area (TPSA) is 113 Å². The fourth-order valence-electron chi connectivity index (χ4n) is 4.08. The van der Waals surface area contributed by atoms with Crippen molar-refractivity contribution in [2.45, 2.75) is 49.8 Å². The quantitative estimate of drug-likeness (QED) is 0.602. The molecule has 0 spiro atoms. The summed E-state index contributed by atoms with van der Waals surface area (Å²) in [5.41, 5.74) is 4.55. The normalized spacial score (nSPS) is 19.4. The number of rotatable bonds is 6. The van der Waals surface area contributed by atoms with E-state index < -0.39 is 44.1 Å². The summed E-state index contributed by atoms with van der Waals surface area (Å²) in [4.78, 5) is 26.0. The number of primary amides is 1. The number of nitrogens with one attached hydrogen (secondary N) is 1. The van der Waals surface area contributed by atoms with Crippen molar-refractivity contribution in [1.82, 2.24) is 14.5 Å². The Morgan fingerprint density at radius 2 is 1.64 bits per heavy atom. The van der Waals surface area contributed by atoms with Crippen molar-refractivity contribution in [3.8, 4) is 0 Å². The molecule has 12 heteroatoms. The van der Waals surface area contributed by atoms with E-state index in [1.807, 2.05) is 24.3 Å². The second kappa shape index (κ2) is 10.1. The molecule has 1 fully saturated rings. The minimum atomic E-state index is -4.63. The summed E-state index contributed by atoms with van der Waals surface area (Å²) in [6.45, 7) is 4.92. The Hall–Kier alpha value is -3.12. The lowest BCUT2D eigenvalue weighted by atomic mass is 9.97. The molecule has 0 unspecified atom stereocenters. The summed E-state index contributed by atoms with van der Waals surface area (Å²) in [6.07, 6.45) is -4.63. The standard InChI is InChI=1S/C24H29F3N4O4S/c1-16(2)18-6-4-17(5-7-18)14-29-21(32)23(3)15-30(22(28)33)12-13-31(23)36(34,35)20-10-8-19(9-11-20)24(25,26)27/h4-11,16H,12-15H2,1-3H3,(H2,28,33)(H,29,32)/t23-/m1/s1. The lowest BCUT2D eigenvalue weighted by Gasteiger charge is -2.46. The van der Waals surface area contributed by atoms with Crippen LogP contribution in [-0.4, -0.2) is 54.7 Å². The number of carbonyl (C=O) groups is 2. The SMILES string of the molecule is CC(C)c1ccc(CNC(=O)[C@@]2(C)CN(C(N)=O)CCN2S(=O)(=O)c2ccc(C(F)(F)F)cc2)cc1. The highest BCUT2D eigenvalue weighted by atomic mass is 32.2. The van der Waals surface area contributed by atoms with E-state index >= 15 is 0 Å². The van der Waals surface area contributed by atoms with Crippen molar-refractivity contribution in [2.24, 2.45) is 5.73 Å². The van der Waals surface area contributed by atoms with Gasteiger partial charge in [0.05, 0.1) is 17.0 Å². The van der Waals surface area contributed by atoms with E-state index in [2.05, 4.69) is 19.2 Å². The van der Waals surface area contributed by atoms with Gasteiger partial charge in [-0.05, 0) is 48.2 Å². The van der Waals surface area contributed by atoms with Crippen LogP contribution in [0.2, 0.25) is 0 Å². The minimum Gasteiger partial charge on any atom is -0.351 e. The van der Waals surface area contributed by atoms with Gasteiger partial charge in [0.2, 0.25) is 15.9 Å². The Morgan fingerprint density at radius 3 is 2.14 bits per heavy atom. The molecule has 2 aromatic carbocycles. The Kier molecular flexibility index (Phi) is 7.70. The number of sulfonamides is 1. The zero-order chi connectivity index (χ0) is 26.9. The molecule has 8 nitrogen and oxygen atoms in total. The summed E-state index contributed by atoms with van der Waals surface area (Å²) in [5, 5.41) is 2.73. The van der Waals surface area contributed by atoms with Gasteiger partial charge in [0, 0.05) is 19.6 Å². The number of urea groups is 1. The highest BCUT2D eigenvalue weighted by Gasteiger charge is 2.50. The molecular formula is C24H29F3N4O4S. The van der Waals surface area contributed by atoms with Gasteiger partial charge in [-0.2, -0.15) is 17.5 Å². The lowest BCUT2D eigenvalue weighted by molar-refractivity contribution is -0.137. The zero-order valence-corrected chi connectivity index (χ0v) is 21.0. The van der Waals surface area contributed by atoms with Crippen LogP contribution in [0.5, 0.6) is 0 Å². The Labute approximate surface area is 208 Å². The Morgan fingerprint density at radius 1 is 1.06 bits per heavy atom. The zero-order valence-electron chi connectivity index (χ0n) is 20.2. The van der Waals surface area contributed by atoms with E-state index in [1.54, 1.807) is 0 Å². The Balaban J connectivity index is 1.89. The monoisotopic (exact) mass is 526 g/mol. The second-order valence-corrected chi connectivity index (χ2v) is 11.1. The number of carbonyl (C=O) groups excluding carboxylic acids is 2. The van der Waals surface area contributed by atoms with Gasteiger partial charge in [0.25, 0.3) is 0 Å². The number of benzene rings is 2. The molecule has 0 aromatic heterocycles. The largest absolute Gasteiger partial charge is 0.416 e. The smallest absolute Gasteiger partial charge is 0.351 e. The molecule has 36 heavy (non-hydrogen) atoms. The first-order valence-electron chi connectivity index (χ1n) is 11.3. The minimum absolute atomic E-state index is 0.0747. The first-order valence-corrected chi connectivity index (χ1v) is 12.7. The summed E-state index contributed by atoms with van der Waals surface area (Å²) >= 11 is 0. The number of nitrogens with two attached hydrogens (primary N) is 1. The van der Waals surface area contributed by atoms with Gasteiger partial charge in [-0.3, -0.25) is 4.79 Å². The maximum absolute atomic E-state index is 13.5. The first-order chi connectivity index (χ1) is 16.7. The van der Waals surface area contributed by atoms with Crippen molar-refractivity contribution >= 4 is 22.0 Å². The predicted molar refractivity (Wildman–Crippen MR) is 127 cm³/mol. The molecule has 1 aliphatic rings. The third-order valence-corrected chi connectivity index (χ3v) is 8.33. The number of piperazine rings is 1. The van der Waals surface area contributed by atoms with E-state index in [4.69, 9.17) is 5.73 Å².